The monoisotopic (exact) mass is 227 g/mol. The maximum absolute atomic E-state index is 10.4. The molecule has 1 rings (SSSR count). The molecule has 0 aliphatic heterocycles. The first-order valence-corrected chi connectivity index (χ1v) is 3.97. The number of aliphatic carboxylic acids is 1. The maximum atomic E-state index is 10.4. The van der Waals surface area contributed by atoms with Gasteiger partial charge in [-0.2, -0.15) is 0 Å². The summed E-state index contributed by atoms with van der Waals surface area (Å²) in [6.45, 7) is 1.92. The normalized spacial score (nSPS) is 11.5. The molecule has 1 atom stereocenters. The van der Waals surface area contributed by atoms with Crippen LogP contribution >= 0.6 is 0 Å². The van der Waals surface area contributed by atoms with E-state index in [1.807, 2.05) is 37.3 Å². The second kappa shape index (κ2) is 5.79. The molecule has 1 unspecified atom stereocenters. The molecule has 0 heterocycles. The van der Waals surface area contributed by atoms with E-state index >= 15 is 0 Å². The molecule has 0 bridgehead atoms. The van der Waals surface area contributed by atoms with Crippen LogP contribution < -0.4 is 0 Å². The van der Waals surface area contributed by atoms with E-state index in [0.29, 0.717) is 0 Å². The zero-order chi connectivity index (χ0) is 8.97. The van der Waals surface area contributed by atoms with E-state index in [1.54, 1.807) is 0 Å². The SMILES string of the molecule is CC(CC(=O)O)c1ccccc1.[Cu]. The number of benzene rings is 1. The van der Waals surface area contributed by atoms with Gasteiger partial charge in [0.25, 0.3) is 0 Å². The summed E-state index contributed by atoms with van der Waals surface area (Å²) in [7, 11) is 0. The van der Waals surface area contributed by atoms with Crippen molar-refractivity contribution >= 4 is 5.97 Å². The molecule has 0 amide bonds. The number of hydrogen-bond acceptors (Lipinski definition) is 1. The van der Waals surface area contributed by atoms with Gasteiger partial charge in [0.1, 0.15) is 0 Å². The van der Waals surface area contributed by atoms with E-state index in [2.05, 4.69) is 0 Å². The Balaban J connectivity index is 0.00000144. The van der Waals surface area contributed by atoms with E-state index in [-0.39, 0.29) is 29.4 Å². The van der Waals surface area contributed by atoms with Crippen molar-refractivity contribution in [2.24, 2.45) is 0 Å². The van der Waals surface area contributed by atoms with Crippen molar-refractivity contribution in [2.75, 3.05) is 0 Å². The Hall–Kier alpha value is -0.791. The molecule has 1 N–H and O–H groups in total. The fourth-order valence-corrected chi connectivity index (χ4v) is 1.16. The van der Waals surface area contributed by atoms with Crippen LogP contribution in [0.3, 0.4) is 0 Å². The Bertz CT molecular complexity index is 259. The van der Waals surface area contributed by atoms with Gasteiger partial charge in [0, 0.05) is 17.1 Å². The molecule has 0 spiro atoms. The number of carboxylic acids is 1. The molecular weight excluding hydrogens is 216 g/mol. The van der Waals surface area contributed by atoms with E-state index in [1.165, 1.54) is 0 Å². The fourth-order valence-electron chi connectivity index (χ4n) is 1.16. The third-order valence-corrected chi connectivity index (χ3v) is 1.85. The Morgan fingerprint density at radius 3 is 2.38 bits per heavy atom. The van der Waals surface area contributed by atoms with Crippen LogP contribution in [0.25, 0.3) is 0 Å². The van der Waals surface area contributed by atoms with Gasteiger partial charge in [-0.3, -0.25) is 4.79 Å². The van der Waals surface area contributed by atoms with E-state index in [0.717, 1.165) is 5.56 Å². The second-order valence-corrected chi connectivity index (χ2v) is 2.91. The predicted octanol–water partition coefficient (Wildman–Crippen LogP) is 2.26. The van der Waals surface area contributed by atoms with E-state index in [9.17, 15) is 4.79 Å². The van der Waals surface area contributed by atoms with Gasteiger partial charge >= 0.3 is 5.97 Å². The van der Waals surface area contributed by atoms with Crippen LogP contribution in [-0.4, -0.2) is 11.1 Å². The van der Waals surface area contributed by atoms with Crippen molar-refractivity contribution in [1.29, 1.82) is 0 Å². The second-order valence-electron chi connectivity index (χ2n) is 2.91. The fraction of sp³-hybridized carbons (Fsp3) is 0.300. The molecule has 0 saturated heterocycles. The molecule has 75 valence electrons. The topological polar surface area (TPSA) is 37.3 Å². The number of hydrogen-bond donors (Lipinski definition) is 1. The summed E-state index contributed by atoms with van der Waals surface area (Å²) in [6, 6.07) is 9.68. The summed E-state index contributed by atoms with van der Waals surface area (Å²) in [5.41, 5.74) is 1.08. The Morgan fingerprint density at radius 2 is 1.92 bits per heavy atom. The summed E-state index contributed by atoms with van der Waals surface area (Å²) in [5, 5.41) is 8.55. The molecule has 13 heavy (non-hydrogen) atoms. The summed E-state index contributed by atoms with van der Waals surface area (Å²) < 4.78 is 0. The van der Waals surface area contributed by atoms with Crippen molar-refractivity contribution in [2.45, 2.75) is 19.3 Å². The molecule has 1 aromatic carbocycles. The van der Waals surface area contributed by atoms with Crippen molar-refractivity contribution in [3.63, 3.8) is 0 Å². The molecule has 3 heteroatoms. The molecule has 0 fully saturated rings. The minimum Gasteiger partial charge on any atom is -0.481 e. The first-order chi connectivity index (χ1) is 5.70. The minimum atomic E-state index is -0.744. The molecule has 1 radical (unpaired) electrons. The number of carboxylic acid groups (broad SMARTS) is 1. The first kappa shape index (κ1) is 12.2. The molecule has 0 aliphatic carbocycles. The van der Waals surface area contributed by atoms with Crippen molar-refractivity contribution in [3.05, 3.63) is 35.9 Å². The van der Waals surface area contributed by atoms with E-state index < -0.39 is 5.97 Å². The number of rotatable bonds is 3. The van der Waals surface area contributed by atoms with Crippen LogP contribution in [0.2, 0.25) is 0 Å². The molecule has 1 aromatic rings. The van der Waals surface area contributed by atoms with Gasteiger partial charge < -0.3 is 5.11 Å². The zero-order valence-electron chi connectivity index (χ0n) is 7.33. The van der Waals surface area contributed by atoms with Crippen LogP contribution in [0.4, 0.5) is 0 Å². The summed E-state index contributed by atoms with van der Waals surface area (Å²) in [4.78, 5) is 10.4. The maximum Gasteiger partial charge on any atom is 0.303 e. The van der Waals surface area contributed by atoms with Gasteiger partial charge in [-0.05, 0) is 11.5 Å². The third-order valence-electron chi connectivity index (χ3n) is 1.85. The summed E-state index contributed by atoms with van der Waals surface area (Å²) in [5.74, 6) is -0.643. The Morgan fingerprint density at radius 1 is 1.38 bits per heavy atom. The van der Waals surface area contributed by atoms with Crippen LogP contribution in [0.15, 0.2) is 30.3 Å². The standard InChI is InChI=1S/C10H12O2.Cu/c1-8(7-10(11)12)9-5-3-2-4-6-9;/h2-6,8H,7H2,1H3,(H,11,12);. The average molecular weight is 228 g/mol. The Kier molecular flexibility index (Phi) is 5.43. The van der Waals surface area contributed by atoms with Crippen LogP contribution in [0.1, 0.15) is 24.8 Å². The minimum absolute atomic E-state index is 0. The van der Waals surface area contributed by atoms with Gasteiger partial charge in [0.2, 0.25) is 0 Å². The van der Waals surface area contributed by atoms with Crippen LogP contribution in [0, 0.1) is 0 Å². The summed E-state index contributed by atoms with van der Waals surface area (Å²) >= 11 is 0. The summed E-state index contributed by atoms with van der Waals surface area (Å²) in [6.07, 6.45) is 0.198. The van der Waals surface area contributed by atoms with Crippen LogP contribution in [-0.2, 0) is 21.9 Å². The van der Waals surface area contributed by atoms with Gasteiger partial charge in [0.15, 0.2) is 0 Å². The molecule has 0 aromatic heterocycles. The average Bonchev–Trinajstić information content (AvgIpc) is 2.05. The quantitative estimate of drug-likeness (QED) is 0.805. The van der Waals surface area contributed by atoms with Crippen molar-refractivity contribution in [1.82, 2.24) is 0 Å². The Labute approximate surface area is 88.4 Å². The molecule has 0 aliphatic rings. The van der Waals surface area contributed by atoms with Crippen LogP contribution in [0.5, 0.6) is 0 Å². The van der Waals surface area contributed by atoms with Crippen molar-refractivity contribution < 1.29 is 27.0 Å². The molecule has 2 nitrogen and oxygen atoms in total. The largest absolute Gasteiger partial charge is 0.481 e. The third kappa shape index (κ3) is 4.11. The van der Waals surface area contributed by atoms with E-state index in [4.69, 9.17) is 5.11 Å². The molecule has 0 saturated carbocycles. The van der Waals surface area contributed by atoms with Gasteiger partial charge in [-0.15, -0.1) is 0 Å². The zero-order valence-corrected chi connectivity index (χ0v) is 8.27. The van der Waals surface area contributed by atoms with Gasteiger partial charge in [0.05, 0.1) is 6.42 Å². The predicted molar refractivity (Wildman–Crippen MR) is 47.1 cm³/mol. The van der Waals surface area contributed by atoms with Gasteiger partial charge in [-0.1, -0.05) is 37.3 Å². The molecular formula is C10H12CuO2. The van der Waals surface area contributed by atoms with Crippen molar-refractivity contribution in [3.8, 4) is 0 Å². The number of carbonyl (C=O) groups is 1. The first-order valence-electron chi connectivity index (χ1n) is 3.97. The smallest absolute Gasteiger partial charge is 0.303 e. The van der Waals surface area contributed by atoms with Gasteiger partial charge in [-0.25, -0.2) is 0 Å².